The van der Waals surface area contributed by atoms with Crippen LogP contribution >= 0.6 is 11.6 Å². The van der Waals surface area contributed by atoms with Crippen LogP contribution in [0.5, 0.6) is 0 Å². The lowest BCUT2D eigenvalue weighted by atomic mass is 9.94. The molecule has 0 aromatic heterocycles. The van der Waals surface area contributed by atoms with Crippen molar-refractivity contribution < 1.29 is 23.9 Å². The number of likely N-dealkylation sites (tertiary alicyclic amines) is 1. The molecular formula is C21H26ClN3O5. The Bertz CT molecular complexity index is 857. The zero-order valence-electron chi connectivity index (χ0n) is 17.1. The molecule has 0 aliphatic carbocycles. The van der Waals surface area contributed by atoms with Gasteiger partial charge in [-0.25, -0.2) is 9.59 Å². The molecule has 1 fully saturated rings. The van der Waals surface area contributed by atoms with E-state index in [9.17, 15) is 14.4 Å². The Hall–Kier alpha value is -2.58. The Kier molecular flexibility index (Phi) is 7.33. The SMILES string of the molecule is CCOC(=O)[C@H]1CCCN(CC2=C(C(=O)OC)[C@H](c3cccc(Cl)c3)NC(=O)N2)C1. The zero-order valence-corrected chi connectivity index (χ0v) is 17.8. The van der Waals surface area contributed by atoms with Crippen LogP contribution in [0.15, 0.2) is 35.5 Å². The molecule has 2 atom stereocenters. The first kappa shape index (κ1) is 22.1. The number of hydrogen-bond acceptors (Lipinski definition) is 6. The number of carbonyl (C=O) groups is 3. The van der Waals surface area contributed by atoms with E-state index in [4.69, 9.17) is 21.1 Å². The van der Waals surface area contributed by atoms with Crippen LogP contribution in [0.4, 0.5) is 4.79 Å². The maximum atomic E-state index is 12.7. The van der Waals surface area contributed by atoms with Crippen LogP contribution < -0.4 is 10.6 Å². The number of nitrogens with zero attached hydrogens (tertiary/aromatic N) is 1. The van der Waals surface area contributed by atoms with E-state index in [1.54, 1.807) is 31.2 Å². The molecule has 8 nitrogen and oxygen atoms in total. The van der Waals surface area contributed by atoms with Crippen LogP contribution in [0.1, 0.15) is 31.4 Å². The molecule has 2 aliphatic heterocycles. The molecular weight excluding hydrogens is 410 g/mol. The number of methoxy groups -OCH3 is 1. The number of halogens is 1. The Balaban J connectivity index is 1.89. The van der Waals surface area contributed by atoms with Crippen LogP contribution in [-0.4, -0.2) is 56.2 Å². The predicted octanol–water partition coefficient (Wildman–Crippen LogP) is 2.40. The third-order valence-corrected chi connectivity index (χ3v) is 5.48. The van der Waals surface area contributed by atoms with Crippen LogP contribution in [0.3, 0.4) is 0 Å². The van der Waals surface area contributed by atoms with Crippen molar-refractivity contribution in [1.82, 2.24) is 15.5 Å². The normalized spacial score (nSPS) is 22.2. The smallest absolute Gasteiger partial charge is 0.338 e. The summed E-state index contributed by atoms with van der Waals surface area (Å²) in [5.41, 5.74) is 1.45. The van der Waals surface area contributed by atoms with Gasteiger partial charge in [-0.1, -0.05) is 23.7 Å². The summed E-state index contributed by atoms with van der Waals surface area (Å²) in [6.07, 6.45) is 1.59. The number of esters is 2. The van der Waals surface area contributed by atoms with E-state index in [1.165, 1.54) is 7.11 Å². The maximum absolute atomic E-state index is 12.7. The van der Waals surface area contributed by atoms with E-state index in [-0.39, 0.29) is 11.9 Å². The molecule has 0 unspecified atom stereocenters. The van der Waals surface area contributed by atoms with Gasteiger partial charge in [-0.2, -0.15) is 0 Å². The number of urea groups is 1. The minimum atomic E-state index is -0.689. The fourth-order valence-electron chi connectivity index (χ4n) is 3.91. The van der Waals surface area contributed by atoms with Crippen molar-refractivity contribution in [3.05, 3.63) is 46.1 Å². The standard InChI is InChI=1S/C21H26ClN3O5/c1-3-30-19(26)14-7-5-9-25(11-14)12-16-17(20(27)29-2)18(24-21(28)23-16)13-6-4-8-15(22)10-13/h4,6,8,10,14,18H,3,5,7,9,11-12H2,1-2H3,(H2,23,24,28)/t14-,18-/m0/s1. The average molecular weight is 436 g/mol. The van der Waals surface area contributed by atoms with Gasteiger partial charge in [0.2, 0.25) is 0 Å². The van der Waals surface area contributed by atoms with Gasteiger partial charge in [0.25, 0.3) is 0 Å². The Morgan fingerprint density at radius 2 is 2.13 bits per heavy atom. The van der Waals surface area contributed by atoms with Crippen molar-refractivity contribution in [3.63, 3.8) is 0 Å². The third kappa shape index (κ3) is 5.12. The topological polar surface area (TPSA) is 97.0 Å². The number of benzene rings is 1. The van der Waals surface area contributed by atoms with Crippen molar-refractivity contribution in [2.24, 2.45) is 5.92 Å². The van der Waals surface area contributed by atoms with Crippen LogP contribution in [-0.2, 0) is 19.1 Å². The van der Waals surface area contributed by atoms with Gasteiger partial charge in [0.05, 0.1) is 31.2 Å². The molecule has 0 spiro atoms. The summed E-state index contributed by atoms with van der Waals surface area (Å²) in [7, 11) is 1.30. The summed E-state index contributed by atoms with van der Waals surface area (Å²) >= 11 is 6.11. The minimum Gasteiger partial charge on any atom is -0.466 e. The number of amides is 2. The second kappa shape index (κ2) is 9.95. The highest BCUT2D eigenvalue weighted by atomic mass is 35.5. The predicted molar refractivity (Wildman–Crippen MR) is 111 cm³/mol. The highest BCUT2D eigenvalue weighted by Gasteiger charge is 2.35. The Morgan fingerprint density at radius 3 is 2.83 bits per heavy atom. The van der Waals surface area contributed by atoms with E-state index in [2.05, 4.69) is 10.6 Å². The zero-order chi connectivity index (χ0) is 21.7. The van der Waals surface area contributed by atoms with Crippen molar-refractivity contribution in [1.29, 1.82) is 0 Å². The Morgan fingerprint density at radius 1 is 1.33 bits per heavy atom. The molecule has 0 bridgehead atoms. The van der Waals surface area contributed by atoms with E-state index in [1.807, 2.05) is 4.90 Å². The van der Waals surface area contributed by atoms with Gasteiger partial charge in [-0.15, -0.1) is 0 Å². The lowest BCUT2D eigenvalue weighted by Crippen LogP contribution is -2.49. The summed E-state index contributed by atoms with van der Waals surface area (Å²) in [5.74, 6) is -0.973. The van der Waals surface area contributed by atoms with Gasteiger partial charge < -0.3 is 20.1 Å². The molecule has 0 radical (unpaired) electrons. The van der Waals surface area contributed by atoms with Crippen LogP contribution in [0.2, 0.25) is 5.02 Å². The summed E-state index contributed by atoms with van der Waals surface area (Å²) in [5, 5.41) is 6.03. The molecule has 30 heavy (non-hydrogen) atoms. The van der Waals surface area contributed by atoms with Gasteiger partial charge in [0, 0.05) is 23.8 Å². The largest absolute Gasteiger partial charge is 0.466 e. The summed E-state index contributed by atoms with van der Waals surface area (Å²) in [4.78, 5) is 39.2. The number of hydrogen-bond donors (Lipinski definition) is 2. The van der Waals surface area contributed by atoms with Gasteiger partial charge in [0.15, 0.2) is 0 Å². The summed E-state index contributed by atoms with van der Waals surface area (Å²) in [6, 6.07) is 5.87. The number of carbonyl (C=O) groups excluding carboxylic acids is 3. The van der Waals surface area contributed by atoms with Crippen molar-refractivity contribution in [2.45, 2.75) is 25.8 Å². The molecule has 9 heteroatoms. The molecule has 3 rings (SSSR count). The van der Waals surface area contributed by atoms with Crippen LogP contribution in [0.25, 0.3) is 0 Å². The monoisotopic (exact) mass is 435 g/mol. The second-order valence-corrected chi connectivity index (χ2v) is 7.73. The first-order valence-electron chi connectivity index (χ1n) is 9.96. The number of piperidine rings is 1. The molecule has 1 saturated heterocycles. The first-order valence-corrected chi connectivity index (χ1v) is 10.3. The lowest BCUT2D eigenvalue weighted by molar-refractivity contribution is -0.150. The second-order valence-electron chi connectivity index (χ2n) is 7.30. The molecule has 1 aromatic rings. The molecule has 2 heterocycles. The molecule has 0 saturated carbocycles. The molecule has 1 aromatic carbocycles. The molecule has 2 aliphatic rings. The highest BCUT2D eigenvalue weighted by molar-refractivity contribution is 6.30. The fraction of sp³-hybridized carbons (Fsp3) is 0.476. The van der Waals surface area contributed by atoms with Crippen molar-refractivity contribution in [3.8, 4) is 0 Å². The van der Waals surface area contributed by atoms with Gasteiger partial charge in [-0.3, -0.25) is 9.69 Å². The maximum Gasteiger partial charge on any atom is 0.338 e. The van der Waals surface area contributed by atoms with Gasteiger partial charge >= 0.3 is 18.0 Å². The first-order chi connectivity index (χ1) is 14.4. The average Bonchev–Trinajstić information content (AvgIpc) is 2.73. The van der Waals surface area contributed by atoms with Gasteiger partial charge in [-0.05, 0) is 44.0 Å². The van der Waals surface area contributed by atoms with E-state index >= 15 is 0 Å². The van der Waals surface area contributed by atoms with Crippen molar-refractivity contribution in [2.75, 3.05) is 33.4 Å². The number of nitrogens with one attached hydrogen (secondary N) is 2. The molecule has 2 N–H and O–H groups in total. The van der Waals surface area contributed by atoms with Crippen molar-refractivity contribution >= 4 is 29.6 Å². The fourth-order valence-corrected chi connectivity index (χ4v) is 4.10. The van der Waals surface area contributed by atoms with Gasteiger partial charge in [0.1, 0.15) is 0 Å². The number of rotatable bonds is 6. The van der Waals surface area contributed by atoms with E-state index in [0.717, 1.165) is 19.4 Å². The minimum absolute atomic E-state index is 0.212. The number of ether oxygens (including phenoxy) is 2. The molecule has 2 amide bonds. The van der Waals surface area contributed by atoms with E-state index < -0.39 is 18.0 Å². The highest BCUT2D eigenvalue weighted by Crippen LogP contribution is 2.30. The third-order valence-electron chi connectivity index (χ3n) is 5.25. The quantitative estimate of drug-likeness (QED) is 0.666. The molecule has 162 valence electrons. The lowest BCUT2D eigenvalue weighted by Gasteiger charge is -2.35. The van der Waals surface area contributed by atoms with Crippen LogP contribution in [0, 0.1) is 5.92 Å². The van der Waals surface area contributed by atoms with E-state index in [0.29, 0.717) is 41.6 Å². The summed E-state index contributed by atoms with van der Waals surface area (Å²) in [6.45, 7) is 3.69. The Labute approximate surface area is 180 Å². The summed E-state index contributed by atoms with van der Waals surface area (Å²) < 4.78 is 10.2.